The molecule has 2 aromatic rings. The van der Waals surface area contributed by atoms with Crippen molar-refractivity contribution in [2.75, 3.05) is 7.11 Å². The highest BCUT2D eigenvalue weighted by Gasteiger charge is 2.09. The summed E-state index contributed by atoms with van der Waals surface area (Å²) in [5.41, 5.74) is 2.09. The Morgan fingerprint density at radius 3 is 2.65 bits per heavy atom. The van der Waals surface area contributed by atoms with Crippen LogP contribution in [-0.4, -0.2) is 12.1 Å². The Hall–Kier alpha value is -1.86. The van der Waals surface area contributed by atoms with Crippen LogP contribution < -0.4 is 4.74 Å². The number of benzene rings is 1. The van der Waals surface area contributed by atoms with Crippen molar-refractivity contribution < 1.29 is 4.74 Å². The van der Waals surface area contributed by atoms with Gasteiger partial charge in [0.05, 0.1) is 30.2 Å². The summed E-state index contributed by atoms with van der Waals surface area (Å²) in [4.78, 5) is 5.51. The van der Waals surface area contributed by atoms with E-state index >= 15 is 0 Å². The molecule has 2 rings (SSSR count). The van der Waals surface area contributed by atoms with Crippen molar-refractivity contribution in [2.24, 2.45) is 0 Å². The van der Waals surface area contributed by atoms with Crippen molar-refractivity contribution in [3.8, 4) is 22.3 Å². The molecule has 3 nitrogen and oxygen atoms in total. The highest BCUT2D eigenvalue weighted by atomic mass is 32.1. The Morgan fingerprint density at radius 2 is 2.06 bits per heavy atom. The van der Waals surface area contributed by atoms with Gasteiger partial charge in [-0.2, -0.15) is 5.26 Å². The SMILES string of the molecule is COc1ccc(-c2sc(CC#N)nc2C)cc1. The summed E-state index contributed by atoms with van der Waals surface area (Å²) in [6.45, 7) is 1.97. The first kappa shape index (κ1) is 11.6. The van der Waals surface area contributed by atoms with E-state index in [2.05, 4.69) is 11.1 Å². The van der Waals surface area contributed by atoms with Crippen molar-refractivity contribution in [1.82, 2.24) is 4.98 Å². The number of hydrogen-bond donors (Lipinski definition) is 0. The maximum Gasteiger partial charge on any atom is 0.118 e. The minimum atomic E-state index is 0.377. The number of thiazole rings is 1. The molecule has 86 valence electrons. The fourth-order valence-corrected chi connectivity index (χ4v) is 2.61. The summed E-state index contributed by atoms with van der Waals surface area (Å²) in [7, 11) is 1.65. The summed E-state index contributed by atoms with van der Waals surface area (Å²) in [6, 6.07) is 10.00. The number of aromatic nitrogens is 1. The van der Waals surface area contributed by atoms with Gasteiger partial charge in [-0.25, -0.2) is 4.98 Å². The number of aryl methyl sites for hydroxylation is 1. The Bertz CT molecular complexity index is 552. The van der Waals surface area contributed by atoms with Crippen LogP contribution in [0.15, 0.2) is 24.3 Å². The smallest absolute Gasteiger partial charge is 0.118 e. The van der Waals surface area contributed by atoms with Gasteiger partial charge in [-0.15, -0.1) is 11.3 Å². The van der Waals surface area contributed by atoms with E-state index in [1.807, 2.05) is 31.2 Å². The molecule has 1 aromatic carbocycles. The number of rotatable bonds is 3. The second kappa shape index (κ2) is 4.98. The van der Waals surface area contributed by atoms with Crippen LogP contribution in [0.2, 0.25) is 0 Å². The zero-order valence-corrected chi connectivity index (χ0v) is 10.5. The first-order valence-electron chi connectivity index (χ1n) is 5.22. The molecule has 0 spiro atoms. The fraction of sp³-hybridized carbons (Fsp3) is 0.231. The predicted octanol–water partition coefficient (Wildman–Crippen LogP) is 3.19. The molecule has 1 heterocycles. The van der Waals surface area contributed by atoms with E-state index in [0.29, 0.717) is 6.42 Å². The van der Waals surface area contributed by atoms with Crippen LogP contribution >= 0.6 is 11.3 Å². The van der Waals surface area contributed by atoms with Crippen LogP contribution in [0, 0.1) is 18.3 Å². The summed E-state index contributed by atoms with van der Waals surface area (Å²) < 4.78 is 5.12. The van der Waals surface area contributed by atoms with Gasteiger partial charge >= 0.3 is 0 Å². The number of ether oxygens (including phenoxy) is 1. The zero-order valence-electron chi connectivity index (χ0n) is 9.73. The second-order valence-corrected chi connectivity index (χ2v) is 4.67. The monoisotopic (exact) mass is 244 g/mol. The average molecular weight is 244 g/mol. The Morgan fingerprint density at radius 1 is 1.35 bits per heavy atom. The van der Waals surface area contributed by atoms with Gasteiger partial charge in [0.1, 0.15) is 10.8 Å². The third-order valence-corrected chi connectivity index (χ3v) is 3.63. The van der Waals surface area contributed by atoms with Gasteiger partial charge in [0.2, 0.25) is 0 Å². The molecule has 0 aliphatic heterocycles. The van der Waals surface area contributed by atoms with Crippen molar-refractivity contribution in [3.05, 3.63) is 35.0 Å². The molecular formula is C13H12N2OS. The molecule has 1 aromatic heterocycles. The molecule has 0 bridgehead atoms. The fourth-order valence-electron chi connectivity index (χ4n) is 1.61. The topological polar surface area (TPSA) is 45.9 Å². The molecule has 0 N–H and O–H groups in total. The van der Waals surface area contributed by atoms with E-state index in [9.17, 15) is 0 Å². The van der Waals surface area contributed by atoms with E-state index in [4.69, 9.17) is 10.00 Å². The predicted molar refractivity (Wildman–Crippen MR) is 68.2 cm³/mol. The van der Waals surface area contributed by atoms with Gasteiger partial charge in [0.25, 0.3) is 0 Å². The zero-order chi connectivity index (χ0) is 12.3. The third-order valence-electron chi connectivity index (χ3n) is 2.42. The first-order chi connectivity index (χ1) is 8.24. The molecule has 0 radical (unpaired) electrons. The largest absolute Gasteiger partial charge is 0.497 e. The van der Waals surface area contributed by atoms with Gasteiger partial charge in [0.15, 0.2) is 0 Å². The minimum Gasteiger partial charge on any atom is -0.497 e. The van der Waals surface area contributed by atoms with Crippen molar-refractivity contribution in [1.29, 1.82) is 5.26 Å². The normalized spacial score (nSPS) is 9.94. The summed E-state index contributed by atoms with van der Waals surface area (Å²) in [6.07, 6.45) is 0.377. The van der Waals surface area contributed by atoms with E-state index in [1.54, 1.807) is 18.4 Å². The molecule has 0 atom stereocenters. The molecule has 0 amide bonds. The lowest BCUT2D eigenvalue weighted by Crippen LogP contribution is -1.82. The summed E-state index contributed by atoms with van der Waals surface area (Å²) in [5, 5.41) is 9.53. The standard InChI is InChI=1S/C13H12N2OS/c1-9-13(17-12(15-9)7-8-14)10-3-5-11(16-2)6-4-10/h3-6H,7H2,1-2H3. The Balaban J connectivity index is 2.35. The maximum absolute atomic E-state index is 8.66. The van der Waals surface area contributed by atoms with E-state index in [1.165, 1.54) is 0 Å². The van der Waals surface area contributed by atoms with E-state index < -0.39 is 0 Å². The minimum absolute atomic E-state index is 0.377. The molecule has 17 heavy (non-hydrogen) atoms. The first-order valence-corrected chi connectivity index (χ1v) is 6.04. The lowest BCUT2D eigenvalue weighted by molar-refractivity contribution is 0.415. The number of nitriles is 1. The molecular weight excluding hydrogens is 232 g/mol. The highest BCUT2D eigenvalue weighted by Crippen LogP contribution is 2.31. The van der Waals surface area contributed by atoms with E-state index in [0.717, 1.165) is 26.9 Å². The van der Waals surface area contributed by atoms with Crippen LogP contribution in [0.3, 0.4) is 0 Å². The molecule has 0 fully saturated rings. The molecule has 0 saturated carbocycles. The number of methoxy groups -OCH3 is 1. The Kier molecular flexibility index (Phi) is 3.40. The summed E-state index contributed by atoms with van der Waals surface area (Å²) in [5.74, 6) is 0.841. The quantitative estimate of drug-likeness (QED) is 0.833. The van der Waals surface area contributed by atoms with Crippen LogP contribution in [0.1, 0.15) is 10.7 Å². The van der Waals surface area contributed by atoms with Gasteiger partial charge in [0, 0.05) is 0 Å². The summed E-state index contributed by atoms with van der Waals surface area (Å²) >= 11 is 1.58. The van der Waals surface area contributed by atoms with Crippen molar-refractivity contribution in [2.45, 2.75) is 13.3 Å². The lowest BCUT2D eigenvalue weighted by atomic mass is 10.1. The molecule has 0 saturated heterocycles. The Labute approximate surface area is 104 Å². The van der Waals surface area contributed by atoms with Gasteiger partial charge in [-0.3, -0.25) is 0 Å². The van der Waals surface area contributed by atoms with Gasteiger partial charge < -0.3 is 4.74 Å². The number of nitrogens with zero attached hydrogens (tertiary/aromatic N) is 2. The number of hydrogen-bond acceptors (Lipinski definition) is 4. The third kappa shape index (κ3) is 2.45. The second-order valence-electron chi connectivity index (χ2n) is 3.59. The van der Waals surface area contributed by atoms with E-state index in [-0.39, 0.29) is 0 Å². The van der Waals surface area contributed by atoms with Crippen molar-refractivity contribution >= 4 is 11.3 Å². The van der Waals surface area contributed by atoms with Gasteiger partial charge in [-0.1, -0.05) is 0 Å². The van der Waals surface area contributed by atoms with Crippen LogP contribution in [-0.2, 0) is 6.42 Å². The van der Waals surface area contributed by atoms with Crippen LogP contribution in [0.5, 0.6) is 5.75 Å². The molecule has 4 heteroatoms. The van der Waals surface area contributed by atoms with Crippen LogP contribution in [0.4, 0.5) is 0 Å². The van der Waals surface area contributed by atoms with Crippen molar-refractivity contribution in [3.63, 3.8) is 0 Å². The molecule has 0 unspecified atom stereocenters. The average Bonchev–Trinajstić information content (AvgIpc) is 2.71. The maximum atomic E-state index is 8.66. The highest BCUT2D eigenvalue weighted by molar-refractivity contribution is 7.15. The molecule has 0 aliphatic carbocycles. The molecule has 0 aliphatic rings. The lowest BCUT2D eigenvalue weighted by Gasteiger charge is -2.01. The van der Waals surface area contributed by atoms with Gasteiger partial charge in [-0.05, 0) is 36.8 Å². The van der Waals surface area contributed by atoms with Crippen LogP contribution in [0.25, 0.3) is 10.4 Å².